The lowest BCUT2D eigenvalue weighted by molar-refractivity contribution is -0.133. The van der Waals surface area contributed by atoms with E-state index in [1.54, 1.807) is 0 Å². The summed E-state index contributed by atoms with van der Waals surface area (Å²) >= 11 is 0. The topological polar surface area (TPSA) is 52.7 Å². The van der Waals surface area contributed by atoms with Crippen LogP contribution >= 0.6 is 0 Å². The van der Waals surface area contributed by atoms with Gasteiger partial charge in [0.05, 0.1) is 6.67 Å². The van der Waals surface area contributed by atoms with Gasteiger partial charge in [-0.05, 0) is 35.6 Å². The molecular formula is C24H31N3O2. The molecule has 0 spiro atoms. The van der Waals surface area contributed by atoms with E-state index in [2.05, 4.69) is 50.4 Å². The Morgan fingerprint density at radius 3 is 2.17 bits per heavy atom. The van der Waals surface area contributed by atoms with Crippen molar-refractivity contribution in [1.29, 1.82) is 0 Å². The molecule has 1 fully saturated rings. The summed E-state index contributed by atoms with van der Waals surface area (Å²) in [6.45, 7) is 9.41. The SMILES string of the molecule is CC[C@@]1(c2ccccc2)NC(=O)N(CN(C)Cc2ccc(C(C)(C)C)cc2)C1=O. The Morgan fingerprint density at radius 2 is 1.62 bits per heavy atom. The van der Waals surface area contributed by atoms with Gasteiger partial charge < -0.3 is 5.32 Å². The molecule has 0 saturated carbocycles. The number of nitrogens with zero attached hydrogens (tertiary/aromatic N) is 2. The van der Waals surface area contributed by atoms with Crippen LogP contribution in [0.2, 0.25) is 0 Å². The van der Waals surface area contributed by atoms with Crippen molar-refractivity contribution in [3.8, 4) is 0 Å². The molecule has 1 aliphatic rings. The Kier molecular flexibility index (Phi) is 5.80. The standard InChI is InChI=1S/C24H31N3O2/c1-6-24(20-10-8-7-9-11-20)21(28)27(22(29)25-24)17-26(5)16-18-12-14-19(15-13-18)23(2,3)4/h7-15H,6,16-17H2,1-5H3,(H,25,29)/t24-/m0/s1. The number of hydrogen-bond acceptors (Lipinski definition) is 3. The molecule has 0 unspecified atom stereocenters. The van der Waals surface area contributed by atoms with Crippen LogP contribution in [-0.2, 0) is 22.3 Å². The maximum Gasteiger partial charge on any atom is 0.326 e. The minimum Gasteiger partial charge on any atom is -0.319 e. The fraction of sp³-hybridized carbons (Fsp3) is 0.417. The highest BCUT2D eigenvalue weighted by Crippen LogP contribution is 2.32. The predicted molar refractivity (Wildman–Crippen MR) is 115 cm³/mol. The summed E-state index contributed by atoms with van der Waals surface area (Å²) in [5.41, 5.74) is 2.40. The third-order valence-corrected chi connectivity index (χ3v) is 5.63. The molecule has 1 N–H and O–H groups in total. The normalized spacial score (nSPS) is 19.7. The lowest BCUT2D eigenvalue weighted by Gasteiger charge is -2.27. The van der Waals surface area contributed by atoms with E-state index in [1.807, 2.05) is 49.2 Å². The van der Waals surface area contributed by atoms with Crippen LogP contribution in [0, 0.1) is 0 Å². The zero-order valence-corrected chi connectivity index (χ0v) is 18.0. The second-order valence-electron chi connectivity index (χ2n) is 8.89. The minimum absolute atomic E-state index is 0.116. The van der Waals surface area contributed by atoms with Gasteiger partial charge >= 0.3 is 6.03 Å². The highest BCUT2D eigenvalue weighted by atomic mass is 16.2. The van der Waals surface area contributed by atoms with Crippen LogP contribution in [0.4, 0.5) is 4.79 Å². The van der Waals surface area contributed by atoms with Crippen molar-refractivity contribution in [3.05, 3.63) is 71.3 Å². The molecule has 5 nitrogen and oxygen atoms in total. The van der Waals surface area contributed by atoms with E-state index in [1.165, 1.54) is 10.5 Å². The average molecular weight is 394 g/mol. The summed E-state index contributed by atoms with van der Waals surface area (Å²) in [4.78, 5) is 29.2. The third-order valence-electron chi connectivity index (χ3n) is 5.63. The molecule has 0 aliphatic carbocycles. The number of rotatable bonds is 6. The van der Waals surface area contributed by atoms with E-state index in [4.69, 9.17) is 0 Å². The first-order chi connectivity index (χ1) is 13.7. The van der Waals surface area contributed by atoms with Crippen molar-refractivity contribution >= 4 is 11.9 Å². The fourth-order valence-corrected chi connectivity index (χ4v) is 3.83. The van der Waals surface area contributed by atoms with Gasteiger partial charge in [-0.25, -0.2) is 9.69 Å². The first-order valence-corrected chi connectivity index (χ1v) is 10.1. The maximum absolute atomic E-state index is 13.2. The van der Waals surface area contributed by atoms with Gasteiger partial charge in [0, 0.05) is 6.54 Å². The summed E-state index contributed by atoms with van der Waals surface area (Å²) < 4.78 is 0. The highest BCUT2D eigenvalue weighted by Gasteiger charge is 2.51. The Labute approximate surface area is 173 Å². The number of benzene rings is 2. The number of nitrogens with one attached hydrogen (secondary N) is 1. The molecule has 3 rings (SSSR count). The molecule has 0 aromatic heterocycles. The van der Waals surface area contributed by atoms with Gasteiger partial charge in [-0.15, -0.1) is 0 Å². The van der Waals surface area contributed by atoms with E-state index in [0.717, 1.165) is 11.1 Å². The monoisotopic (exact) mass is 393 g/mol. The molecule has 0 radical (unpaired) electrons. The largest absolute Gasteiger partial charge is 0.326 e. The van der Waals surface area contributed by atoms with Crippen LogP contribution in [0.25, 0.3) is 0 Å². The van der Waals surface area contributed by atoms with E-state index in [9.17, 15) is 9.59 Å². The number of hydrogen-bond donors (Lipinski definition) is 1. The second kappa shape index (κ2) is 7.99. The molecule has 1 aliphatic heterocycles. The molecule has 1 atom stereocenters. The van der Waals surface area contributed by atoms with Crippen LogP contribution < -0.4 is 5.32 Å². The number of carbonyl (C=O) groups is 2. The van der Waals surface area contributed by atoms with Gasteiger partial charge in [0.1, 0.15) is 5.54 Å². The number of amides is 3. The van der Waals surface area contributed by atoms with E-state index >= 15 is 0 Å². The molecule has 3 amide bonds. The first-order valence-electron chi connectivity index (χ1n) is 10.1. The summed E-state index contributed by atoms with van der Waals surface area (Å²) in [6, 6.07) is 17.7. The van der Waals surface area contributed by atoms with Crippen LogP contribution in [-0.4, -0.2) is 35.5 Å². The molecular weight excluding hydrogens is 362 g/mol. The zero-order valence-electron chi connectivity index (χ0n) is 18.0. The Bertz CT molecular complexity index is 871. The Morgan fingerprint density at radius 1 is 1.00 bits per heavy atom. The van der Waals surface area contributed by atoms with Crippen LogP contribution in [0.5, 0.6) is 0 Å². The zero-order chi connectivity index (χ0) is 21.2. The summed E-state index contributed by atoms with van der Waals surface area (Å²) in [6.07, 6.45) is 0.510. The Balaban J connectivity index is 1.71. The lowest BCUT2D eigenvalue weighted by atomic mass is 9.87. The van der Waals surface area contributed by atoms with Crippen molar-refractivity contribution in [2.75, 3.05) is 13.7 Å². The van der Waals surface area contributed by atoms with Crippen LogP contribution in [0.3, 0.4) is 0 Å². The van der Waals surface area contributed by atoms with E-state index in [0.29, 0.717) is 13.0 Å². The van der Waals surface area contributed by atoms with Gasteiger partial charge in [0.2, 0.25) is 0 Å². The van der Waals surface area contributed by atoms with Gasteiger partial charge in [0.25, 0.3) is 5.91 Å². The average Bonchev–Trinajstić information content (AvgIpc) is 2.93. The van der Waals surface area contributed by atoms with Crippen molar-refractivity contribution < 1.29 is 9.59 Å². The predicted octanol–water partition coefficient (Wildman–Crippen LogP) is 4.23. The van der Waals surface area contributed by atoms with Crippen molar-refractivity contribution in [3.63, 3.8) is 0 Å². The maximum atomic E-state index is 13.2. The molecule has 1 heterocycles. The quantitative estimate of drug-likeness (QED) is 0.747. The van der Waals surface area contributed by atoms with Crippen molar-refractivity contribution in [2.24, 2.45) is 0 Å². The molecule has 5 heteroatoms. The van der Waals surface area contributed by atoms with Crippen molar-refractivity contribution in [1.82, 2.24) is 15.1 Å². The summed E-state index contributed by atoms with van der Waals surface area (Å²) in [5, 5.41) is 2.94. The lowest BCUT2D eigenvalue weighted by Crippen LogP contribution is -2.44. The number of imide groups is 1. The van der Waals surface area contributed by atoms with E-state index in [-0.39, 0.29) is 24.0 Å². The van der Waals surface area contributed by atoms with Gasteiger partial charge in [0.15, 0.2) is 0 Å². The fourth-order valence-electron chi connectivity index (χ4n) is 3.83. The Hall–Kier alpha value is -2.66. The molecule has 1 saturated heterocycles. The third kappa shape index (κ3) is 4.20. The minimum atomic E-state index is -0.979. The van der Waals surface area contributed by atoms with Gasteiger partial charge in [-0.3, -0.25) is 9.69 Å². The molecule has 2 aromatic rings. The summed E-state index contributed by atoms with van der Waals surface area (Å²) in [5.74, 6) is -0.189. The molecule has 29 heavy (non-hydrogen) atoms. The van der Waals surface area contributed by atoms with Crippen LogP contribution in [0.15, 0.2) is 54.6 Å². The summed E-state index contributed by atoms with van der Waals surface area (Å²) in [7, 11) is 1.92. The second-order valence-corrected chi connectivity index (χ2v) is 8.89. The smallest absolute Gasteiger partial charge is 0.319 e. The van der Waals surface area contributed by atoms with Crippen molar-refractivity contribution in [2.45, 2.75) is 51.6 Å². The number of urea groups is 1. The highest BCUT2D eigenvalue weighted by molar-refractivity contribution is 6.07. The molecule has 2 aromatic carbocycles. The van der Waals surface area contributed by atoms with Gasteiger partial charge in [-0.1, -0.05) is 82.3 Å². The van der Waals surface area contributed by atoms with Crippen LogP contribution in [0.1, 0.15) is 50.8 Å². The molecule has 0 bridgehead atoms. The number of carbonyl (C=O) groups excluding carboxylic acids is 2. The first kappa shape index (κ1) is 21.1. The van der Waals surface area contributed by atoms with Gasteiger partial charge in [-0.2, -0.15) is 0 Å². The molecule has 154 valence electrons. The van der Waals surface area contributed by atoms with E-state index < -0.39 is 5.54 Å².